The molecule has 8 nitrogen and oxygen atoms in total. The number of hydrogen-bond donors (Lipinski definition) is 2. The molecule has 0 bridgehead atoms. The molecule has 0 unspecified atom stereocenters. The largest absolute Gasteiger partial charge is 0.377 e. The maximum atomic E-state index is 13.8. The maximum absolute atomic E-state index is 13.8. The summed E-state index contributed by atoms with van der Waals surface area (Å²) in [6, 6.07) is 10.6. The molecule has 40 heavy (non-hydrogen) atoms. The van der Waals surface area contributed by atoms with E-state index >= 15 is 0 Å². The van der Waals surface area contributed by atoms with E-state index in [9.17, 15) is 12.4 Å². The summed E-state index contributed by atoms with van der Waals surface area (Å²) in [6.07, 6.45) is 2.67. The molecule has 6 rings (SSSR count). The Morgan fingerprint density at radius 1 is 1.18 bits per heavy atom. The van der Waals surface area contributed by atoms with Crippen LogP contribution in [0.3, 0.4) is 0 Å². The molecule has 10 heteroatoms. The molecule has 1 fully saturated rings. The monoisotopic (exact) mass is 559 g/mol. The maximum Gasteiger partial charge on any atom is 0.212 e. The Labute approximate surface area is 245 Å². The first-order valence-electron chi connectivity index (χ1n) is 15.9. The highest BCUT2D eigenvalue weighted by Gasteiger charge is 2.27. The van der Waals surface area contributed by atoms with Crippen LogP contribution in [0.2, 0.25) is 5.02 Å². The van der Waals surface area contributed by atoms with Crippen LogP contribution in [0.5, 0.6) is 0 Å². The second-order valence-electron chi connectivity index (χ2n) is 9.19. The van der Waals surface area contributed by atoms with Crippen molar-refractivity contribution in [2.45, 2.75) is 44.1 Å². The lowest BCUT2D eigenvalue weighted by molar-refractivity contribution is 0.581. The number of fused-ring (bicyclic) bond motifs is 1. The fourth-order valence-electron chi connectivity index (χ4n) is 4.32. The third-order valence-corrected chi connectivity index (χ3v) is 6.74. The summed E-state index contributed by atoms with van der Waals surface area (Å²) < 4.78 is 75.6. The van der Waals surface area contributed by atoms with Crippen LogP contribution < -0.4 is 10.6 Å². The van der Waals surface area contributed by atoms with E-state index in [1.165, 1.54) is 42.7 Å². The molecule has 2 N–H and O–H groups in total. The predicted octanol–water partition coefficient (Wildman–Crippen LogP) is 6.99. The summed E-state index contributed by atoms with van der Waals surface area (Å²) in [6.45, 7) is -3.26. The summed E-state index contributed by atoms with van der Waals surface area (Å²) in [5.74, 6) is -0.744. The number of pyridine rings is 2. The summed E-state index contributed by atoms with van der Waals surface area (Å²) >= 11 is 6.70. The number of aromatic nitrogens is 5. The van der Waals surface area contributed by atoms with Gasteiger partial charge in [-0.15, -0.1) is 5.10 Å². The topological polar surface area (TPSA) is 104 Å². The lowest BCUT2D eigenvalue weighted by Crippen LogP contribution is -2.14. The highest BCUT2D eigenvalue weighted by atomic mass is 35.5. The van der Waals surface area contributed by atoms with Crippen LogP contribution in [0, 0.1) is 17.3 Å². The quantitative estimate of drug-likeness (QED) is 0.188. The Morgan fingerprint density at radius 3 is 2.75 bits per heavy atom. The van der Waals surface area contributed by atoms with E-state index in [2.05, 4.69) is 30.9 Å². The number of anilines is 2. The van der Waals surface area contributed by atoms with Crippen molar-refractivity contribution in [3.05, 3.63) is 107 Å². The van der Waals surface area contributed by atoms with Crippen molar-refractivity contribution >= 4 is 33.9 Å². The van der Waals surface area contributed by atoms with Gasteiger partial charge in [0.15, 0.2) is 0 Å². The molecule has 0 spiro atoms. The van der Waals surface area contributed by atoms with Crippen molar-refractivity contribution in [1.29, 1.82) is 5.26 Å². The normalized spacial score (nSPS) is 19.3. The van der Waals surface area contributed by atoms with Crippen LogP contribution >= 0.6 is 11.6 Å². The van der Waals surface area contributed by atoms with Gasteiger partial charge in [0.05, 0.1) is 48.8 Å². The zero-order chi connectivity index (χ0) is 33.8. The molecule has 0 amide bonds. The third-order valence-electron chi connectivity index (χ3n) is 6.46. The number of hydrogen-bond acceptors (Lipinski definition) is 7. The summed E-state index contributed by atoms with van der Waals surface area (Å²) in [5.41, 5.74) is 0.527. The Balaban J connectivity index is 1.52. The minimum atomic E-state index is -3.26. The molecule has 0 radical (unpaired) electrons. The number of nitriles is 1. The highest BCUT2D eigenvalue weighted by Crippen LogP contribution is 2.38. The van der Waals surface area contributed by atoms with Crippen molar-refractivity contribution in [1.82, 2.24) is 25.0 Å². The van der Waals surface area contributed by atoms with Gasteiger partial charge in [-0.3, -0.25) is 4.98 Å². The molecule has 3 aromatic heterocycles. The Bertz CT molecular complexity index is 2000. The lowest BCUT2D eigenvalue weighted by Gasteiger charge is -2.22. The molecule has 1 saturated carbocycles. The van der Waals surface area contributed by atoms with Crippen molar-refractivity contribution in [3.63, 3.8) is 0 Å². The first-order valence-corrected chi connectivity index (χ1v) is 12.7. The molecule has 3 heterocycles. The molecule has 1 aliphatic rings. The first kappa shape index (κ1) is 18.7. The molecule has 5 aromatic rings. The van der Waals surface area contributed by atoms with E-state index < -0.39 is 31.2 Å². The average molecular weight is 560 g/mol. The van der Waals surface area contributed by atoms with Gasteiger partial charge in [-0.1, -0.05) is 60.1 Å². The van der Waals surface area contributed by atoms with Gasteiger partial charge in [0.1, 0.15) is 11.8 Å². The van der Waals surface area contributed by atoms with Gasteiger partial charge in [-0.25, -0.2) is 9.67 Å². The highest BCUT2D eigenvalue weighted by molar-refractivity contribution is 6.35. The Kier molecular flexibility index (Phi) is 5.09. The van der Waals surface area contributed by atoms with Gasteiger partial charge in [0.2, 0.25) is 5.95 Å². The van der Waals surface area contributed by atoms with Crippen LogP contribution in [0.1, 0.15) is 76.1 Å². The van der Waals surface area contributed by atoms with Gasteiger partial charge in [-0.2, -0.15) is 9.65 Å². The van der Waals surface area contributed by atoms with Gasteiger partial charge in [0.25, 0.3) is 0 Å². The number of nitrogens with zero attached hydrogens (tertiary/aromatic N) is 6. The van der Waals surface area contributed by atoms with Crippen LogP contribution in [0.25, 0.3) is 10.9 Å². The van der Waals surface area contributed by atoms with E-state index in [-0.39, 0.29) is 55.7 Å². The second-order valence-corrected chi connectivity index (χ2v) is 9.60. The third kappa shape index (κ3) is 5.18. The Hall–Kier alpha value is -4.55. The van der Waals surface area contributed by atoms with Crippen molar-refractivity contribution in [2.24, 2.45) is 0 Å². The minimum absolute atomic E-state index is 0.0110. The predicted molar refractivity (Wildman–Crippen MR) is 153 cm³/mol. The van der Waals surface area contributed by atoms with Crippen LogP contribution in [0.15, 0.2) is 73.2 Å². The molecule has 1 aliphatic carbocycles. The molecular weight excluding hydrogens is 527 g/mol. The van der Waals surface area contributed by atoms with E-state index in [1.54, 1.807) is 29.1 Å². The SMILES string of the molecule is [2H]C([2H])([2H])C([2H])([2H])[C@@]([2H])(Nc1c(C#N)cnc2c(Cl)cc(N[C@]([2H])(c3ccc(F)nc3)c3cn(C4CC4)nn3)cc12)c1ccccc1. The van der Waals surface area contributed by atoms with E-state index in [1.807, 2.05) is 6.07 Å². The van der Waals surface area contributed by atoms with Gasteiger partial charge >= 0.3 is 0 Å². The van der Waals surface area contributed by atoms with E-state index in [4.69, 9.17) is 18.5 Å². The van der Waals surface area contributed by atoms with Gasteiger partial charge in [-0.05, 0) is 48.5 Å². The summed E-state index contributed by atoms with van der Waals surface area (Å²) in [7, 11) is 0. The van der Waals surface area contributed by atoms with Gasteiger partial charge < -0.3 is 10.6 Å². The fourth-order valence-corrected chi connectivity index (χ4v) is 4.59. The molecule has 0 saturated heterocycles. The molecule has 2 atom stereocenters. The number of benzene rings is 2. The lowest BCUT2D eigenvalue weighted by atomic mass is 10.0. The standard InChI is InChI=1S/C30H26ClFN8/c1-2-25(18-6-4-3-5-7-18)37-28-20(14-33)16-35-30-23(28)12-21(13-24(30)31)36-29(19-8-11-27(32)34-15-19)26-17-40(39-38-26)22-9-10-22/h3-8,11-13,15-17,22,25,29,36H,2,9-10H2,1H3,(H,35,37)/t25-,29-/m1/s1/i1D3,2D2,25D,29D. The zero-order valence-electron chi connectivity index (χ0n) is 27.9. The number of rotatable bonds is 9. The van der Waals surface area contributed by atoms with Crippen LogP contribution in [-0.2, 0) is 0 Å². The number of halogens is 2. The summed E-state index contributed by atoms with van der Waals surface area (Å²) in [4.78, 5) is 8.02. The van der Waals surface area contributed by atoms with Crippen molar-refractivity contribution < 1.29 is 14.0 Å². The molecule has 0 aliphatic heterocycles. The van der Waals surface area contributed by atoms with Crippen molar-refractivity contribution in [3.8, 4) is 6.07 Å². The fraction of sp³-hybridized carbons (Fsp3) is 0.233. The van der Waals surface area contributed by atoms with E-state index in [0.717, 1.165) is 18.9 Å². The Morgan fingerprint density at radius 2 is 2.02 bits per heavy atom. The average Bonchev–Trinajstić information content (AvgIpc) is 3.76. The summed E-state index contributed by atoms with van der Waals surface area (Å²) in [5, 5.41) is 24.5. The molecular formula is C30H26ClFN8. The molecule has 2 aromatic carbocycles. The smallest absolute Gasteiger partial charge is 0.212 e. The molecule has 200 valence electrons. The van der Waals surface area contributed by atoms with E-state index in [0.29, 0.717) is 0 Å². The first-order chi connectivity index (χ1) is 22.2. The number of nitrogens with one attached hydrogen (secondary N) is 2. The zero-order valence-corrected chi connectivity index (χ0v) is 21.6. The van der Waals surface area contributed by atoms with Crippen molar-refractivity contribution in [2.75, 3.05) is 10.6 Å². The van der Waals surface area contributed by atoms with Crippen LogP contribution in [0.4, 0.5) is 15.8 Å². The minimum Gasteiger partial charge on any atom is -0.377 e. The van der Waals surface area contributed by atoms with Gasteiger partial charge in [0, 0.05) is 30.3 Å². The van der Waals surface area contributed by atoms with Crippen LogP contribution in [-0.4, -0.2) is 25.0 Å². The second kappa shape index (κ2) is 10.9.